The van der Waals surface area contributed by atoms with Crippen LogP contribution in [0.15, 0.2) is 29.2 Å². The van der Waals surface area contributed by atoms with E-state index in [9.17, 15) is 4.79 Å². The number of pyridine rings is 1. The van der Waals surface area contributed by atoms with Gasteiger partial charge in [0.1, 0.15) is 5.69 Å². The molecule has 1 aromatic carbocycles. The Morgan fingerprint density at radius 2 is 2.06 bits per heavy atom. The molecule has 0 aliphatic heterocycles. The number of thioether (sulfide) groups is 1. The van der Waals surface area contributed by atoms with Crippen molar-refractivity contribution in [2.24, 2.45) is 0 Å². The van der Waals surface area contributed by atoms with Gasteiger partial charge in [-0.1, -0.05) is 18.2 Å². The Bertz CT molecular complexity index is 606. The van der Waals surface area contributed by atoms with Crippen molar-refractivity contribution in [3.8, 4) is 0 Å². The minimum Gasteiger partial charge on any atom is -0.292 e. The number of fused-ring (bicyclic) bond motifs is 2. The number of benzene rings is 1. The predicted octanol–water partition coefficient (Wildman–Crippen LogP) is 3.48. The number of para-hydroxylation sites is 1. The first-order valence-corrected chi connectivity index (χ1v) is 7.02. The lowest BCUT2D eigenvalue weighted by Crippen LogP contribution is -2.14. The molecule has 0 unspecified atom stereocenters. The maximum atomic E-state index is 11.9. The lowest BCUT2D eigenvalue weighted by atomic mass is 9.93. The zero-order valence-electron chi connectivity index (χ0n) is 9.69. The first-order chi connectivity index (χ1) is 8.31. The van der Waals surface area contributed by atoms with Gasteiger partial charge in [-0.05, 0) is 30.7 Å². The second kappa shape index (κ2) is 4.15. The van der Waals surface area contributed by atoms with E-state index in [1.807, 2.05) is 18.2 Å². The Morgan fingerprint density at radius 1 is 1.24 bits per heavy atom. The van der Waals surface area contributed by atoms with Crippen LogP contribution in [0.5, 0.6) is 0 Å². The highest BCUT2D eigenvalue weighted by molar-refractivity contribution is 7.98. The van der Waals surface area contributed by atoms with Gasteiger partial charge in [-0.25, -0.2) is 4.98 Å². The summed E-state index contributed by atoms with van der Waals surface area (Å²) in [5.74, 6) is 0.201. The van der Waals surface area contributed by atoms with Crippen LogP contribution in [0.2, 0.25) is 0 Å². The molecule has 3 rings (SSSR count). The van der Waals surface area contributed by atoms with E-state index >= 15 is 0 Å². The fourth-order valence-electron chi connectivity index (χ4n) is 2.46. The van der Waals surface area contributed by atoms with Crippen molar-refractivity contribution in [3.63, 3.8) is 0 Å². The molecule has 0 saturated carbocycles. The summed E-state index contributed by atoms with van der Waals surface area (Å²) < 4.78 is 0. The lowest BCUT2D eigenvalue weighted by Gasteiger charge is -2.18. The normalized spacial score (nSPS) is 15.0. The topological polar surface area (TPSA) is 30.0 Å². The van der Waals surface area contributed by atoms with Crippen LogP contribution in [-0.2, 0) is 6.42 Å². The van der Waals surface area contributed by atoms with Gasteiger partial charge >= 0.3 is 0 Å². The number of hydrogen-bond acceptors (Lipinski definition) is 3. The van der Waals surface area contributed by atoms with Crippen LogP contribution >= 0.6 is 11.8 Å². The summed E-state index contributed by atoms with van der Waals surface area (Å²) >= 11 is 1.72. The van der Waals surface area contributed by atoms with Gasteiger partial charge in [0, 0.05) is 16.7 Å². The number of carbonyl (C=O) groups is 1. The highest BCUT2D eigenvalue weighted by Crippen LogP contribution is 2.34. The van der Waals surface area contributed by atoms with Gasteiger partial charge in [0.05, 0.1) is 5.52 Å². The smallest absolute Gasteiger partial charge is 0.181 e. The minimum absolute atomic E-state index is 0.201. The summed E-state index contributed by atoms with van der Waals surface area (Å²) in [7, 11) is 0. The van der Waals surface area contributed by atoms with Crippen LogP contribution in [-0.4, -0.2) is 17.0 Å². The number of nitrogens with zero attached hydrogens (tertiary/aromatic N) is 1. The molecule has 3 heteroatoms. The van der Waals surface area contributed by atoms with Crippen molar-refractivity contribution in [1.82, 2.24) is 4.98 Å². The molecular weight excluding hydrogens is 230 g/mol. The molecule has 1 aromatic heterocycles. The molecule has 0 bridgehead atoms. The predicted molar refractivity (Wildman–Crippen MR) is 70.8 cm³/mol. The van der Waals surface area contributed by atoms with Crippen molar-refractivity contribution in [2.75, 3.05) is 6.26 Å². The number of rotatable bonds is 1. The number of Topliss-reactive ketones (excluding diaryl/α,β-unsaturated/α-hetero) is 1. The fraction of sp³-hybridized carbons (Fsp3) is 0.286. The number of aromatic nitrogens is 1. The van der Waals surface area contributed by atoms with Crippen molar-refractivity contribution < 1.29 is 4.79 Å². The molecule has 0 saturated heterocycles. The molecular formula is C14H13NOS. The second-order valence-electron chi connectivity index (χ2n) is 4.27. The third kappa shape index (κ3) is 1.65. The zero-order chi connectivity index (χ0) is 11.8. The SMILES string of the molecule is CSc1c2c(nc3ccccc13)C(=O)CCC2. The molecule has 86 valence electrons. The molecule has 0 spiro atoms. The van der Waals surface area contributed by atoms with E-state index in [1.165, 1.54) is 10.3 Å². The van der Waals surface area contributed by atoms with Gasteiger partial charge in [-0.3, -0.25) is 4.79 Å². The van der Waals surface area contributed by atoms with Crippen LogP contribution in [0.4, 0.5) is 0 Å². The van der Waals surface area contributed by atoms with E-state index < -0.39 is 0 Å². The van der Waals surface area contributed by atoms with Crippen molar-refractivity contribution in [2.45, 2.75) is 24.2 Å². The van der Waals surface area contributed by atoms with Crippen molar-refractivity contribution >= 4 is 28.4 Å². The highest BCUT2D eigenvalue weighted by Gasteiger charge is 2.23. The van der Waals surface area contributed by atoms with Crippen LogP contribution in [0.1, 0.15) is 28.9 Å². The van der Waals surface area contributed by atoms with Gasteiger partial charge in [0.15, 0.2) is 5.78 Å². The molecule has 0 fully saturated rings. The number of carbonyl (C=O) groups excluding carboxylic acids is 1. The quantitative estimate of drug-likeness (QED) is 0.718. The van der Waals surface area contributed by atoms with E-state index in [2.05, 4.69) is 17.3 Å². The van der Waals surface area contributed by atoms with Gasteiger partial charge in [-0.15, -0.1) is 11.8 Å². The van der Waals surface area contributed by atoms with Crippen LogP contribution in [0.3, 0.4) is 0 Å². The van der Waals surface area contributed by atoms with E-state index in [0.717, 1.165) is 23.9 Å². The maximum absolute atomic E-state index is 11.9. The van der Waals surface area contributed by atoms with Gasteiger partial charge in [-0.2, -0.15) is 0 Å². The van der Waals surface area contributed by atoms with Gasteiger partial charge < -0.3 is 0 Å². The molecule has 0 atom stereocenters. The summed E-state index contributed by atoms with van der Waals surface area (Å²) in [4.78, 5) is 17.7. The third-order valence-electron chi connectivity index (χ3n) is 3.24. The van der Waals surface area contributed by atoms with Crippen molar-refractivity contribution in [1.29, 1.82) is 0 Å². The third-order valence-corrected chi connectivity index (χ3v) is 4.11. The second-order valence-corrected chi connectivity index (χ2v) is 5.08. The Labute approximate surface area is 104 Å². The first-order valence-electron chi connectivity index (χ1n) is 5.80. The molecule has 0 radical (unpaired) electrons. The van der Waals surface area contributed by atoms with E-state index in [-0.39, 0.29) is 5.78 Å². The lowest BCUT2D eigenvalue weighted by molar-refractivity contribution is 0.0967. The average molecular weight is 243 g/mol. The summed E-state index contributed by atoms with van der Waals surface area (Å²) in [6.45, 7) is 0. The van der Waals surface area contributed by atoms with Gasteiger partial charge in [0.25, 0.3) is 0 Å². The van der Waals surface area contributed by atoms with Gasteiger partial charge in [0.2, 0.25) is 0 Å². The summed E-state index contributed by atoms with van der Waals surface area (Å²) in [5.41, 5.74) is 2.80. The Balaban J connectivity index is 2.40. The molecule has 1 heterocycles. The Morgan fingerprint density at radius 3 is 2.88 bits per heavy atom. The van der Waals surface area contributed by atoms with Crippen LogP contribution in [0, 0.1) is 0 Å². The van der Waals surface area contributed by atoms with Crippen LogP contribution < -0.4 is 0 Å². The molecule has 2 nitrogen and oxygen atoms in total. The minimum atomic E-state index is 0.201. The fourth-order valence-corrected chi connectivity index (χ4v) is 3.30. The Hall–Kier alpha value is -1.35. The zero-order valence-corrected chi connectivity index (χ0v) is 10.5. The van der Waals surface area contributed by atoms with E-state index in [0.29, 0.717) is 12.1 Å². The molecule has 17 heavy (non-hydrogen) atoms. The monoisotopic (exact) mass is 243 g/mol. The van der Waals surface area contributed by atoms with Crippen LogP contribution in [0.25, 0.3) is 10.9 Å². The number of hydrogen-bond donors (Lipinski definition) is 0. The van der Waals surface area contributed by atoms with Crippen molar-refractivity contribution in [3.05, 3.63) is 35.5 Å². The first kappa shape index (κ1) is 10.8. The molecule has 1 aliphatic rings. The van der Waals surface area contributed by atoms with E-state index in [1.54, 1.807) is 11.8 Å². The Kier molecular flexibility index (Phi) is 2.63. The molecule has 2 aromatic rings. The maximum Gasteiger partial charge on any atom is 0.181 e. The largest absolute Gasteiger partial charge is 0.292 e. The molecule has 0 amide bonds. The highest BCUT2D eigenvalue weighted by atomic mass is 32.2. The summed E-state index contributed by atoms with van der Waals surface area (Å²) in [5, 5.41) is 1.17. The number of ketones is 1. The average Bonchev–Trinajstić information content (AvgIpc) is 2.37. The molecule has 0 N–H and O–H groups in total. The summed E-state index contributed by atoms with van der Waals surface area (Å²) in [6, 6.07) is 8.07. The standard InChI is InChI=1S/C14H13NOS/c1-17-14-9-5-2-3-7-11(9)15-13-10(14)6-4-8-12(13)16/h2-3,5,7H,4,6,8H2,1H3. The summed E-state index contributed by atoms with van der Waals surface area (Å²) in [6.07, 6.45) is 4.65. The van der Waals surface area contributed by atoms with E-state index in [4.69, 9.17) is 0 Å². The molecule has 1 aliphatic carbocycles.